The summed E-state index contributed by atoms with van der Waals surface area (Å²) in [7, 11) is 0. The summed E-state index contributed by atoms with van der Waals surface area (Å²) in [6.07, 6.45) is 16.1. The summed E-state index contributed by atoms with van der Waals surface area (Å²) in [5, 5.41) is 0. The van der Waals surface area contributed by atoms with Crippen LogP contribution in [0.5, 0.6) is 0 Å². The van der Waals surface area contributed by atoms with Gasteiger partial charge in [-0.15, -0.1) is 0 Å². The molecule has 2 rings (SSSR count). The van der Waals surface area contributed by atoms with E-state index in [4.69, 9.17) is 0 Å². The lowest BCUT2D eigenvalue weighted by Gasteiger charge is -2.12. The van der Waals surface area contributed by atoms with Gasteiger partial charge >= 0.3 is 0 Å². The van der Waals surface area contributed by atoms with Crippen LogP contribution in [0.4, 0.5) is 0 Å². The Balaban J connectivity index is 2.12. The summed E-state index contributed by atoms with van der Waals surface area (Å²) in [5.41, 5.74) is 1.14. The van der Waals surface area contributed by atoms with Crippen molar-refractivity contribution >= 4 is 12.6 Å². The molecular weight excluding hydrogens is 160 g/mol. The van der Waals surface area contributed by atoms with Crippen LogP contribution in [0.25, 0.3) is 0 Å². The van der Waals surface area contributed by atoms with Crippen molar-refractivity contribution < 1.29 is 0 Å². The first-order chi connectivity index (χ1) is 6.47. The van der Waals surface area contributed by atoms with E-state index < -0.39 is 0 Å². The SMILES string of the molecule is C1=CC[C@@H](C2=CCC=NC=N2)C=C1. The van der Waals surface area contributed by atoms with E-state index >= 15 is 0 Å². The van der Waals surface area contributed by atoms with Gasteiger partial charge in [-0.1, -0.05) is 30.4 Å². The van der Waals surface area contributed by atoms with Crippen LogP contribution in [0.1, 0.15) is 12.8 Å². The Labute approximate surface area is 78.1 Å². The molecule has 0 saturated carbocycles. The molecule has 13 heavy (non-hydrogen) atoms. The third-order valence-corrected chi connectivity index (χ3v) is 2.17. The zero-order chi connectivity index (χ0) is 8.93. The van der Waals surface area contributed by atoms with Crippen LogP contribution in [-0.2, 0) is 0 Å². The second kappa shape index (κ2) is 3.99. The van der Waals surface area contributed by atoms with Crippen LogP contribution < -0.4 is 0 Å². The van der Waals surface area contributed by atoms with Gasteiger partial charge in [-0.3, -0.25) is 0 Å². The van der Waals surface area contributed by atoms with Crippen molar-refractivity contribution in [2.75, 3.05) is 0 Å². The predicted molar refractivity (Wildman–Crippen MR) is 56.1 cm³/mol. The number of rotatable bonds is 1. The molecule has 0 fully saturated rings. The fourth-order valence-electron chi connectivity index (χ4n) is 1.48. The molecule has 1 aliphatic carbocycles. The van der Waals surface area contributed by atoms with E-state index in [1.54, 1.807) is 6.34 Å². The van der Waals surface area contributed by atoms with Crippen molar-refractivity contribution in [1.29, 1.82) is 0 Å². The zero-order valence-electron chi connectivity index (χ0n) is 7.43. The Kier molecular flexibility index (Phi) is 2.51. The van der Waals surface area contributed by atoms with E-state index in [0.29, 0.717) is 5.92 Å². The van der Waals surface area contributed by atoms with E-state index in [1.807, 2.05) is 6.21 Å². The molecule has 0 saturated heterocycles. The molecule has 0 aromatic rings. The average molecular weight is 172 g/mol. The normalized spacial score (nSPS) is 25.8. The van der Waals surface area contributed by atoms with Crippen LogP contribution >= 0.6 is 0 Å². The zero-order valence-corrected chi connectivity index (χ0v) is 7.43. The summed E-state index contributed by atoms with van der Waals surface area (Å²) in [6.45, 7) is 0. The maximum atomic E-state index is 4.30. The molecule has 0 aromatic carbocycles. The molecule has 2 nitrogen and oxygen atoms in total. The third kappa shape index (κ3) is 2.02. The summed E-state index contributed by atoms with van der Waals surface area (Å²) in [5.74, 6) is 0.447. The van der Waals surface area contributed by atoms with Gasteiger partial charge < -0.3 is 0 Å². The highest BCUT2D eigenvalue weighted by molar-refractivity contribution is 5.75. The standard InChI is InChI=1S/C11H12N2/c1-2-5-10(6-3-1)11-7-4-8-12-9-13-11/h1-3,5,7-10H,4,6H2/t10-/m0/s1. The minimum absolute atomic E-state index is 0.447. The van der Waals surface area contributed by atoms with Crippen LogP contribution in [0.3, 0.4) is 0 Å². The number of hydrogen-bond acceptors (Lipinski definition) is 2. The molecular formula is C11H12N2. The van der Waals surface area contributed by atoms with Gasteiger partial charge in [-0.25, -0.2) is 9.98 Å². The molecule has 0 radical (unpaired) electrons. The predicted octanol–water partition coefficient (Wildman–Crippen LogP) is 2.51. The molecule has 2 aliphatic rings. The van der Waals surface area contributed by atoms with Crippen molar-refractivity contribution in [3.8, 4) is 0 Å². The van der Waals surface area contributed by atoms with E-state index in [-0.39, 0.29) is 0 Å². The van der Waals surface area contributed by atoms with Gasteiger partial charge in [-0.05, 0) is 6.42 Å². The number of hydrogen-bond donors (Lipinski definition) is 0. The van der Waals surface area contributed by atoms with Gasteiger partial charge in [-0.2, -0.15) is 0 Å². The first-order valence-electron chi connectivity index (χ1n) is 4.54. The number of aliphatic imine (C=N–C) groups is 2. The lowest BCUT2D eigenvalue weighted by Crippen LogP contribution is -2.00. The van der Waals surface area contributed by atoms with Gasteiger partial charge in [0, 0.05) is 24.3 Å². The highest BCUT2D eigenvalue weighted by Gasteiger charge is 2.10. The second-order valence-electron chi connectivity index (χ2n) is 3.10. The topological polar surface area (TPSA) is 24.7 Å². The molecule has 0 amide bonds. The largest absolute Gasteiger partial charge is 0.249 e. The second-order valence-corrected chi connectivity index (χ2v) is 3.10. The highest BCUT2D eigenvalue weighted by atomic mass is 14.9. The Morgan fingerprint density at radius 1 is 1.31 bits per heavy atom. The molecule has 0 aromatic heterocycles. The molecule has 1 aliphatic heterocycles. The lowest BCUT2D eigenvalue weighted by molar-refractivity contribution is 0.754. The van der Waals surface area contributed by atoms with Crippen LogP contribution in [-0.4, -0.2) is 12.6 Å². The Morgan fingerprint density at radius 3 is 3.15 bits per heavy atom. The van der Waals surface area contributed by atoms with Gasteiger partial charge in [0.1, 0.15) is 6.34 Å². The van der Waals surface area contributed by atoms with E-state index in [1.165, 1.54) is 0 Å². The maximum Gasteiger partial charge on any atom is 0.115 e. The summed E-state index contributed by atoms with van der Waals surface area (Å²) >= 11 is 0. The summed E-state index contributed by atoms with van der Waals surface area (Å²) in [4.78, 5) is 8.30. The van der Waals surface area contributed by atoms with Crippen LogP contribution in [0.2, 0.25) is 0 Å². The van der Waals surface area contributed by atoms with Crippen molar-refractivity contribution in [2.24, 2.45) is 15.9 Å². The lowest BCUT2D eigenvalue weighted by atomic mass is 9.97. The Hall–Kier alpha value is -1.44. The van der Waals surface area contributed by atoms with Gasteiger partial charge in [0.05, 0.1) is 0 Å². The first-order valence-corrected chi connectivity index (χ1v) is 4.54. The third-order valence-electron chi connectivity index (χ3n) is 2.17. The van der Waals surface area contributed by atoms with Crippen LogP contribution in [0.15, 0.2) is 46.1 Å². The fraction of sp³-hybridized carbons (Fsp3) is 0.273. The first kappa shape index (κ1) is 8.17. The van der Waals surface area contributed by atoms with E-state index in [9.17, 15) is 0 Å². The van der Waals surface area contributed by atoms with Crippen LogP contribution in [0, 0.1) is 5.92 Å². The molecule has 2 heteroatoms. The molecule has 0 unspecified atom stereocenters. The number of nitrogens with zero attached hydrogens (tertiary/aromatic N) is 2. The van der Waals surface area contributed by atoms with Crippen molar-refractivity contribution in [3.05, 3.63) is 36.1 Å². The Morgan fingerprint density at radius 2 is 2.31 bits per heavy atom. The van der Waals surface area contributed by atoms with Crippen molar-refractivity contribution in [3.63, 3.8) is 0 Å². The summed E-state index contributed by atoms with van der Waals surface area (Å²) in [6, 6.07) is 0. The van der Waals surface area contributed by atoms with Gasteiger partial charge in [0.25, 0.3) is 0 Å². The van der Waals surface area contributed by atoms with Crippen molar-refractivity contribution in [1.82, 2.24) is 0 Å². The smallest absolute Gasteiger partial charge is 0.115 e. The monoisotopic (exact) mass is 172 g/mol. The molecule has 0 N–H and O–H groups in total. The average Bonchev–Trinajstić information content (AvgIpc) is 2.47. The fourth-order valence-corrected chi connectivity index (χ4v) is 1.48. The minimum Gasteiger partial charge on any atom is -0.249 e. The van der Waals surface area contributed by atoms with E-state index in [2.05, 4.69) is 40.4 Å². The molecule has 1 atom stereocenters. The summed E-state index contributed by atoms with van der Waals surface area (Å²) < 4.78 is 0. The van der Waals surface area contributed by atoms with Gasteiger partial charge in [0.15, 0.2) is 0 Å². The quantitative estimate of drug-likeness (QED) is 0.580. The Bertz CT molecular complexity index is 319. The minimum atomic E-state index is 0.447. The van der Waals surface area contributed by atoms with E-state index in [0.717, 1.165) is 18.5 Å². The van der Waals surface area contributed by atoms with Gasteiger partial charge in [0.2, 0.25) is 0 Å². The molecule has 0 bridgehead atoms. The molecule has 1 heterocycles. The number of allylic oxidation sites excluding steroid dienone is 5. The molecule has 66 valence electrons. The highest BCUT2D eigenvalue weighted by Crippen LogP contribution is 2.22. The van der Waals surface area contributed by atoms with Crippen molar-refractivity contribution in [2.45, 2.75) is 12.8 Å². The molecule has 0 spiro atoms. The maximum absolute atomic E-state index is 4.30.